The lowest BCUT2D eigenvalue weighted by Crippen LogP contribution is -2.44. The molecular weight excluding hydrogens is 146 g/mol. The van der Waals surface area contributed by atoms with Crippen molar-refractivity contribution < 1.29 is 0 Å². The van der Waals surface area contributed by atoms with E-state index in [1.165, 1.54) is 38.8 Å². The summed E-state index contributed by atoms with van der Waals surface area (Å²) < 4.78 is 0. The lowest BCUT2D eigenvalue weighted by Gasteiger charge is -2.43. The number of nitrogens with one attached hydrogen (secondary N) is 1. The lowest BCUT2D eigenvalue weighted by atomic mass is 9.66. The van der Waals surface area contributed by atoms with Crippen molar-refractivity contribution in [3.05, 3.63) is 12.2 Å². The molecule has 1 aliphatic carbocycles. The fourth-order valence-corrected chi connectivity index (χ4v) is 2.66. The zero-order valence-electron chi connectivity index (χ0n) is 7.97. The van der Waals surface area contributed by atoms with Gasteiger partial charge in [-0.25, -0.2) is 0 Å². The molecule has 0 aromatic rings. The Morgan fingerprint density at radius 1 is 1.42 bits per heavy atom. The first-order chi connectivity index (χ1) is 5.83. The van der Waals surface area contributed by atoms with Crippen LogP contribution in [0.3, 0.4) is 0 Å². The van der Waals surface area contributed by atoms with Gasteiger partial charge in [0.15, 0.2) is 0 Å². The van der Waals surface area contributed by atoms with Gasteiger partial charge in [0.05, 0.1) is 0 Å². The van der Waals surface area contributed by atoms with E-state index in [1.54, 1.807) is 0 Å². The maximum Gasteiger partial charge on any atom is 0.00135 e. The predicted molar refractivity (Wildman–Crippen MR) is 52.1 cm³/mol. The molecule has 1 spiro atoms. The summed E-state index contributed by atoms with van der Waals surface area (Å²) in [6.07, 6.45) is 10.1. The van der Waals surface area contributed by atoms with E-state index in [2.05, 4.69) is 24.4 Å². The first-order valence-electron chi connectivity index (χ1n) is 5.19. The maximum absolute atomic E-state index is 3.54. The van der Waals surface area contributed by atoms with Gasteiger partial charge in [0.25, 0.3) is 0 Å². The maximum atomic E-state index is 3.54. The minimum Gasteiger partial charge on any atom is -0.316 e. The zero-order valence-corrected chi connectivity index (χ0v) is 7.97. The Labute approximate surface area is 75.2 Å². The van der Waals surface area contributed by atoms with Crippen LogP contribution in [0, 0.1) is 11.3 Å². The Morgan fingerprint density at radius 2 is 2.33 bits per heavy atom. The third-order valence-corrected chi connectivity index (χ3v) is 3.73. The minimum atomic E-state index is 0.618. The molecule has 2 unspecified atom stereocenters. The molecule has 1 nitrogen and oxygen atoms in total. The first kappa shape index (κ1) is 8.31. The predicted octanol–water partition coefficient (Wildman–Crippen LogP) is 2.34. The van der Waals surface area contributed by atoms with Gasteiger partial charge in [-0.1, -0.05) is 19.1 Å². The highest BCUT2D eigenvalue weighted by atomic mass is 14.9. The van der Waals surface area contributed by atoms with Crippen LogP contribution >= 0.6 is 0 Å². The Kier molecular flexibility index (Phi) is 2.22. The van der Waals surface area contributed by atoms with Gasteiger partial charge in [-0.2, -0.15) is 0 Å². The smallest absolute Gasteiger partial charge is 0.00135 e. The number of hydrogen-bond donors (Lipinski definition) is 1. The van der Waals surface area contributed by atoms with E-state index in [4.69, 9.17) is 0 Å². The molecule has 0 radical (unpaired) electrons. The van der Waals surface area contributed by atoms with Gasteiger partial charge in [0.1, 0.15) is 0 Å². The monoisotopic (exact) mass is 165 g/mol. The van der Waals surface area contributed by atoms with Crippen LogP contribution in [0.1, 0.15) is 32.6 Å². The molecule has 1 heterocycles. The number of piperidine rings is 1. The summed E-state index contributed by atoms with van der Waals surface area (Å²) in [6, 6.07) is 0. The Balaban J connectivity index is 2.11. The molecule has 1 saturated heterocycles. The second kappa shape index (κ2) is 3.21. The van der Waals surface area contributed by atoms with E-state index in [-0.39, 0.29) is 0 Å². The second-order valence-electron chi connectivity index (χ2n) is 4.45. The molecular formula is C11H19N. The van der Waals surface area contributed by atoms with Gasteiger partial charge in [-0.05, 0) is 43.6 Å². The highest BCUT2D eigenvalue weighted by molar-refractivity contribution is 5.03. The fourth-order valence-electron chi connectivity index (χ4n) is 2.66. The van der Waals surface area contributed by atoms with Gasteiger partial charge in [-0.15, -0.1) is 0 Å². The number of rotatable bonds is 0. The first-order valence-corrected chi connectivity index (χ1v) is 5.19. The molecule has 0 aromatic carbocycles. The highest BCUT2D eigenvalue weighted by Crippen LogP contribution is 2.42. The van der Waals surface area contributed by atoms with E-state index in [0.29, 0.717) is 5.41 Å². The van der Waals surface area contributed by atoms with Crippen molar-refractivity contribution in [2.75, 3.05) is 13.1 Å². The van der Waals surface area contributed by atoms with Gasteiger partial charge in [0.2, 0.25) is 0 Å². The van der Waals surface area contributed by atoms with E-state index in [1.807, 2.05) is 0 Å². The molecule has 1 fully saturated rings. The van der Waals surface area contributed by atoms with Crippen molar-refractivity contribution in [3.63, 3.8) is 0 Å². The fraction of sp³-hybridized carbons (Fsp3) is 0.818. The molecule has 2 rings (SSSR count). The largest absolute Gasteiger partial charge is 0.316 e. The van der Waals surface area contributed by atoms with Crippen molar-refractivity contribution >= 4 is 0 Å². The van der Waals surface area contributed by atoms with E-state index >= 15 is 0 Å². The molecule has 1 heteroatoms. The molecule has 0 aromatic heterocycles. The molecule has 2 atom stereocenters. The summed E-state index contributed by atoms with van der Waals surface area (Å²) >= 11 is 0. The van der Waals surface area contributed by atoms with Gasteiger partial charge < -0.3 is 5.32 Å². The van der Waals surface area contributed by atoms with Crippen LogP contribution in [0.25, 0.3) is 0 Å². The van der Waals surface area contributed by atoms with Crippen molar-refractivity contribution in [1.29, 1.82) is 0 Å². The quantitative estimate of drug-likeness (QED) is 0.543. The van der Waals surface area contributed by atoms with Crippen LogP contribution in [0.2, 0.25) is 0 Å². The molecule has 1 N–H and O–H groups in total. The molecule has 0 saturated carbocycles. The number of hydrogen-bond acceptors (Lipinski definition) is 1. The Bertz CT molecular complexity index is 177. The Hall–Kier alpha value is -0.300. The molecule has 2 aliphatic rings. The average molecular weight is 165 g/mol. The topological polar surface area (TPSA) is 12.0 Å². The third-order valence-electron chi connectivity index (χ3n) is 3.73. The van der Waals surface area contributed by atoms with Crippen LogP contribution in [0.15, 0.2) is 12.2 Å². The molecule has 1 aliphatic heterocycles. The summed E-state index contributed by atoms with van der Waals surface area (Å²) in [4.78, 5) is 0. The third kappa shape index (κ3) is 1.31. The zero-order chi connectivity index (χ0) is 8.44. The molecule has 0 bridgehead atoms. The minimum absolute atomic E-state index is 0.618. The van der Waals surface area contributed by atoms with Crippen molar-refractivity contribution in [1.82, 2.24) is 5.32 Å². The lowest BCUT2D eigenvalue weighted by molar-refractivity contribution is 0.121. The van der Waals surface area contributed by atoms with Crippen molar-refractivity contribution in [2.45, 2.75) is 32.6 Å². The molecule has 0 amide bonds. The summed E-state index contributed by atoms with van der Waals surface area (Å²) in [5.74, 6) is 0.885. The summed E-state index contributed by atoms with van der Waals surface area (Å²) in [5.41, 5.74) is 0.618. The van der Waals surface area contributed by atoms with Crippen LogP contribution < -0.4 is 5.32 Å². The van der Waals surface area contributed by atoms with E-state index in [0.717, 1.165) is 5.92 Å². The number of allylic oxidation sites excluding steroid dienone is 2. The SMILES string of the molecule is CC1CC=CCC12CCCNC2. The van der Waals surface area contributed by atoms with Crippen LogP contribution in [-0.4, -0.2) is 13.1 Å². The van der Waals surface area contributed by atoms with Gasteiger partial charge >= 0.3 is 0 Å². The van der Waals surface area contributed by atoms with Crippen molar-refractivity contribution in [3.8, 4) is 0 Å². The van der Waals surface area contributed by atoms with Gasteiger partial charge in [-0.3, -0.25) is 0 Å². The van der Waals surface area contributed by atoms with Crippen LogP contribution in [0.4, 0.5) is 0 Å². The van der Waals surface area contributed by atoms with Crippen LogP contribution in [-0.2, 0) is 0 Å². The van der Waals surface area contributed by atoms with Crippen molar-refractivity contribution in [2.24, 2.45) is 11.3 Å². The standard InChI is InChI=1S/C11H19N/c1-10-5-2-3-6-11(10)7-4-8-12-9-11/h2-3,10,12H,4-9H2,1H3. The average Bonchev–Trinajstić information content (AvgIpc) is 2.12. The van der Waals surface area contributed by atoms with Crippen LogP contribution in [0.5, 0.6) is 0 Å². The van der Waals surface area contributed by atoms with Gasteiger partial charge in [0, 0.05) is 6.54 Å². The van der Waals surface area contributed by atoms with E-state index in [9.17, 15) is 0 Å². The summed E-state index contributed by atoms with van der Waals surface area (Å²) in [7, 11) is 0. The molecule has 68 valence electrons. The second-order valence-corrected chi connectivity index (χ2v) is 4.45. The normalized spacial score (nSPS) is 41.9. The summed E-state index contributed by atoms with van der Waals surface area (Å²) in [5, 5.41) is 3.54. The summed E-state index contributed by atoms with van der Waals surface area (Å²) in [6.45, 7) is 4.90. The highest BCUT2D eigenvalue weighted by Gasteiger charge is 2.36. The Morgan fingerprint density at radius 3 is 3.00 bits per heavy atom. The molecule has 12 heavy (non-hydrogen) atoms. The van der Waals surface area contributed by atoms with E-state index < -0.39 is 0 Å².